The Bertz CT molecular complexity index is 640. The van der Waals surface area contributed by atoms with Crippen LogP contribution in [0.1, 0.15) is 31.2 Å². The van der Waals surface area contributed by atoms with E-state index in [0.717, 1.165) is 36.9 Å². The number of urea groups is 1. The summed E-state index contributed by atoms with van der Waals surface area (Å²) in [6, 6.07) is 9.49. The molecule has 1 aliphatic carbocycles. The first kappa shape index (κ1) is 16.5. The Morgan fingerprint density at radius 1 is 1.25 bits per heavy atom. The van der Waals surface area contributed by atoms with Crippen LogP contribution < -0.4 is 10.6 Å². The lowest BCUT2D eigenvalue weighted by Gasteiger charge is -2.30. The van der Waals surface area contributed by atoms with Gasteiger partial charge < -0.3 is 15.7 Å². The van der Waals surface area contributed by atoms with Gasteiger partial charge in [-0.2, -0.15) is 5.10 Å². The van der Waals surface area contributed by atoms with Crippen LogP contribution in [-0.4, -0.2) is 33.6 Å². The Morgan fingerprint density at radius 2 is 2.04 bits per heavy atom. The van der Waals surface area contributed by atoms with Crippen molar-refractivity contribution in [2.24, 2.45) is 5.92 Å². The summed E-state index contributed by atoms with van der Waals surface area (Å²) in [5.41, 5.74) is 1.88. The second kappa shape index (κ2) is 7.97. The topological polar surface area (TPSA) is 79.2 Å². The van der Waals surface area contributed by atoms with Crippen molar-refractivity contribution in [2.45, 2.75) is 38.3 Å². The fourth-order valence-electron chi connectivity index (χ4n) is 3.23. The summed E-state index contributed by atoms with van der Waals surface area (Å²) in [4.78, 5) is 12.2. The number of anilines is 1. The molecule has 1 heterocycles. The molecule has 2 aromatic rings. The van der Waals surface area contributed by atoms with Gasteiger partial charge in [-0.05, 0) is 36.6 Å². The third kappa shape index (κ3) is 4.35. The molecule has 1 aliphatic rings. The van der Waals surface area contributed by atoms with Crippen molar-refractivity contribution in [3.63, 3.8) is 0 Å². The highest BCUT2D eigenvalue weighted by Gasteiger charge is 2.25. The van der Waals surface area contributed by atoms with Gasteiger partial charge in [0, 0.05) is 36.6 Å². The van der Waals surface area contributed by atoms with E-state index in [9.17, 15) is 9.90 Å². The van der Waals surface area contributed by atoms with Crippen molar-refractivity contribution in [1.29, 1.82) is 0 Å². The predicted octanol–water partition coefficient (Wildman–Crippen LogP) is 2.60. The van der Waals surface area contributed by atoms with Gasteiger partial charge in [-0.1, -0.05) is 25.0 Å². The highest BCUT2D eigenvalue weighted by atomic mass is 16.3. The normalized spacial score (nSPS) is 20.5. The molecule has 3 N–H and O–H groups in total. The van der Waals surface area contributed by atoms with Gasteiger partial charge in [0.15, 0.2) is 0 Å². The minimum Gasteiger partial charge on any atom is -0.396 e. The summed E-state index contributed by atoms with van der Waals surface area (Å²) in [7, 11) is 0. The molecule has 2 amide bonds. The quantitative estimate of drug-likeness (QED) is 0.789. The number of hydrogen-bond acceptors (Lipinski definition) is 3. The molecular formula is C18H24N4O2. The van der Waals surface area contributed by atoms with Crippen LogP contribution >= 0.6 is 0 Å². The largest absolute Gasteiger partial charge is 0.396 e. The lowest BCUT2D eigenvalue weighted by atomic mass is 9.85. The van der Waals surface area contributed by atoms with Gasteiger partial charge in [0.05, 0.1) is 6.54 Å². The molecule has 128 valence electrons. The molecule has 1 saturated carbocycles. The summed E-state index contributed by atoms with van der Waals surface area (Å²) in [5, 5.41) is 19.5. The van der Waals surface area contributed by atoms with Crippen LogP contribution in [0, 0.1) is 5.92 Å². The van der Waals surface area contributed by atoms with E-state index < -0.39 is 0 Å². The maximum atomic E-state index is 12.2. The van der Waals surface area contributed by atoms with E-state index in [1.54, 1.807) is 6.20 Å². The second-order valence-electron chi connectivity index (χ2n) is 6.33. The van der Waals surface area contributed by atoms with Crippen LogP contribution in [0.15, 0.2) is 42.7 Å². The number of nitrogens with zero attached hydrogens (tertiary/aromatic N) is 2. The Labute approximate surface area is 141 Å². The smallest absolute Gasteiger partial charge is 0.319 e. The van der Waals surface area contributed by atoms with Crippen molar-refractivity contribution in [3.05, 3.63) is 48.3 Å². The summed E-state index contributed by atoms with van der Waals surface area (Å²) in [6.07, 6.45) is 7.81. The number of benzene rings is 1. The fraction of sp³-hybridized carbons (Fsp3) is 0.444. The number of hydrogen-bond donors (Lipinski definition) is 3. The maximum Gasteiger partial charge on any atom is 0.319 e. The molecular weight excluding hydrogens is 304 g/mol. The van der Waals surface area contributed by atoms with E-state index >= 15 is 0 Å². The molecule has 0 saturated heterocycles. The molecule has 0 spiro atoms. The van der Waals surface area contributed by atoms with Gasteiger partial charge in [0.1, 0.15) is 0 Å². The molecule has 6 heteroatoms. The number of aliphatic hydroxyl groups is 1. The van der Waals surface area contributed by atoms with Gasteiger partial charge in [0.2, 0.25) is 0 Å². The van der Waals surface area contributed by atoms with Crippen LogP contribution in [0.25, 0.3) is 0 Å². The SMILES string of the molecule is O=C(Nc1ccc(Cn2cccn2)cc1)NC1CCCCC1CO. The van der Waals surface area contributed by atoms with E-state index in [-0.39, 0.29) is 24.6 Å². The zero-order valence-electron chi connectivity index (χ0n) is 13.7. The van der Waals surface area contributed by atoms with Crippen molar-refractivity contribution in [1.82, 2.24) is 15.1 Å². The number of amides is 2. The average Bonchev–Trinajstić information content (AvgIpc) is 3.10. The first-order valence-corrected chi connectivity index (χ1v) is 8.49. The number of aliphatic hydroxyl groups excluding tert-OH is 1. The molecule has 2 atom stereocenters. The minimum absolute atomic E-state index is 0.0582. The van der Waals surface area contributed by atoms with E-state index in [0.29, 0.717) is 6.54 Å². The van der Waals surface area contributed by atoms with Gasteiger partial charge in [-0.3, -0.25) is 4.68 Å². The number of aromatic nitrogens is 2. The maximum absolute atomic E-state index is 12.2. The molecule has 1 fully saturated rings. The third-order valence-corrected chi connectivity index (χ3v) is 4.58. The molecule has 1 aromatic carbocycles. The zero-order valence-corrected chi connectivity index (χ0v) is 13.7. The van der Waals surface area contributed by atoms with Crippen molar-refractivity contribution in [2.75, 3.05) is 11.9 Å². The zero-order chi connectivity index (χ0) is 16.8. The molecule has 0 aliphatic heterocycles. The average molecular weight is 328 g/mol. The molecule has 6 nitrogen and oxygen atoms in total. The number of nitrogens with one attached hydrogen (secondary N) is 2. The van der Waals surface area contributed by atoms with Crippen molar-refractivity contribution >= 4 is 11.7 Å². The number of carbonyl (C=O) groups excluding carboxylic acids is 1. The molecule has 24 heavy (non-hydrogen) atoms. The standard InChI is InChI=1S/C18H24N4O2/c23-13-15-4-1-2-5-17(15)21-18(24)20-16-8-6-14(7-9-16)12-22-11-3-10-19-22/h3,6-11,15,17,23H,1-2,4-5,12-13H2,(H2,20,21,24). The second-order valence-corrected chi connectivity index (χ2v) is 6.33. The fourth-order valence-corrected chi connectivity index (χ4v) is 3.23. The number of carbonyl (C=O) groups is 1. The minimum atomic E-state index is -0.208. The monoisotopic (exact) mass is 328 g/mol. The molecule has 0 radical (unpaired) electrons. The Balaban J connectivity index is 1.52. The van der Waals surface area contributed by atoms with Crippen molar-refractivity contribution in [3.8, 4) is 0 Å². The molecule has 2 unspecified atom stereocenters. The first-order valence-electron chi connectivity index (χ1n) is 8.49. The summed E-state index contributed by atoms with van der Waals surface area (Å²) in [5.74, 6) is 0.168. The van der Waals surface area contributed by atoms with E-state index in [2.05, 4.69) is 15.7 Å². The highest BCUT2D eigenvalue weighted by Crippen LogP contribution is 2.24. The van der Waals surface area contributed by atoms with Crippen LogP contribution in [-0.2, 0) is 6.54 Å². The van der Waals surface area contributed by atoms with E-state index in [1.165, 1.54) is 0 Å². The van der Waals surface area contributed by atoms with Crippen LogP contribution in [0.3, 0.4) is 0 Å². The highest BCUT2D eigenvalue weighted by molar-refractivity contribution is 5.89. The van der Waals surface area contributed by atoms with E-state index in [1.807, 2.05) is 41.2 Å². The predicted molar refractivity (Wildman–Crippen MR) is 92.8 cm³/mol. The lowest BCUT2D eigenvalue weighted by Crippen LogP contribution is -2.45. The molecule has 1 aromatic heterocycles. The van der Waals surface area contributed by atoms with Gasteiger partial charge >= 0.3 is 6.03 Å². The van der Waals surface area contributed by atoms with Gasteiger partial charge in [-0.25, -0.2) is 4.79 Å². The van der Waals surface area contributed by atoms with Gasteiger partial charge in [-0.15, -0.1) is 0 Å². The van der Waals surface area contributed by atoms with Gasteiger partial charge in [0.25, 0.3) is 0 Å². The Hall–Kier alpha value is -2.34. The summed E-state index contributed by atoms with van der Waals surface area (Å²) >= 11 is 0. The number of rotatable bonds is 5. The first-order chi connectivity index (χ1) is 11.7. The Kier molecular flexibility index (Phi) is 5.48. The lowest BCUT2D eigenvalue weighted by molar-refractivity contribution is 0.156. The molecule has 0 bridgehead atoms. The molecule has 3 rings (SSSR count). The van der Waals surface area contributed by atoms with E-state index in [4.69, 9.17) is 0 Å². The summed E-state index contributed by atoms with van der Waals surface area (Å²) < 4.78 is 1.85. The third-order valence-electron chi connectivity index (χ3n) is 4.58. The van der Waals surface area contributed by atoms with Crippen LogP contribution in [0.4, 0.5) is 10.5 Å². The summed E-state index contributed by atoms with van der Waals surface area (Å²) in [6.45, 7) is 0.840. The van der Waals surface area contributed by atoms with Crippen molar-refractivity contribution < 1.29 is 9.90 Å². The Morgan fingerprint density at radius 3 is 2.75 bits per heavy atom. The van der Waals surface area contributed by atoms with Crippen LogP contribution in [0.5, 0.6) is 0 Å². The van der Waals surface area contributed by atoms with Crippen LogP contribution in [0.2, 0.25) is 0 Å².